The third kappa shape index (κ3) is 2.92. The first-order valence-electron chi connectivity index (χ1n) is 5.51. The minimum absolute atomic E-state index is 0.691. The summed E-state index contributed by atoms with van der Waals surface area (Å²) < 4.78 is 6.10. The van der Waals surface area contributed by atoms with Crippen LogP contribution in [0.2, 0.25) is 0 Å². The van der Waals surface area contributed by atoms with Gasteiger partial charge in [-0.2, -0.15) is 0 Å². The second-order valence-electron chi connectivity index (χ2n) is 4.09. The SMILES string of the molecule is COCC1CCN(c2ncc(Br)cn2)CC1. The zero-order valence-corrected chi connectivity index (χ0v) is 11.0. The molecule has 0 radical (unpaired) electrons. The van der Waals surface area contributed by atoms with E-state index in [1.54, 1.807) is 19.5 Å². The fourth-order valence-electron chi connectivity index (χ4n) is 2.00. The average Bonchev–Trinajstić information content (AvgIpc) is 2.32. The standard InChI is InChI=1S/C11H16BrN3O/c1-16-8-9-2-4-15(5-3-9)11-13-6-10(12)7-14-11/h6-7,9H,2-5,8H2,1H3. The van der Waals surface area contributed by atoms with Crippen LogP contribution in [0.5, 0.6) is 0 Å². The van der Waals surface area contributed by atoms with Crippen molar-refractivity contribution in [2.75, 3.05) is 31.7 Å². The van der Waals surface area contributed by atoms with E-state index >= 15 is 0 Å². The highest BCUT2D eigenvalue weighted by molar-refractivity contribution is 9.10. The number of anilines is 1. The molecule has 0 bridgehead atoms. The van der Waals surface area contributed by atoms with Crippen LogP contribution in [0.4, 0.5) is 5.95 Å². The fourth-order valence-corrected chi connectivity index (χ4v) is 2.21. The predicted octanol–water partition coefficient (Wildman–Crippen LogP) is 2.10. The van der Waals surface area contributed by atoms with Crippen molar-refractivity contribution >= 4 is 21.9 Å². The molecule has 0 spiro atoms. The molecule has 1 fully saturated rings. The monoisotopic (exact) mass is 285 g/mol. The van der Waals surface area contributed by atoms with Gasteiger partial charge in [0.25, 0.3) is 0 Å². The van der Waals surface area contributed by atoms with Crippen molar-refractivity contribution in [3.63, 3.8) is 0 Å². The van der Waals surface area contributed by atoms with E-state index in [2.05, 4.69) is 30.8 Å². The summed E-state index contributed by atoms with van der Waals surface area (Å²) in [6.45, 7) is 2.92. The van der Waals surface area contributed by atoms with Gasteiger partial charge in [0.2, 0.25) is 5.95 Å². The van der Waals surface area contributed by atoms with E-state index < -0.39 is 0 Å². The minimum atomic E-state index is 0.691. The van der Waals surface area contributed by atoms with Gasteiger partial charge in [0.05, 0.1) is 4.47 Å². The van der Waals surface area contributed by atoms with Gasteiger partial charge in [-0.25, -0.2) is 9.97 Å². The van der Waals surface area contributed by atoms with Gasteiger partial charge < -0.3 is 9.64 Å². The number of piperidine rings is 1. The van der Waals surface area contributed by atoms with Gasteiger partial charge in [0.1, 0.15) is 0 Å². The summed E-state index contributed by atoms with van der Waals surface area (Å²) in [5, 5.41) is 0. The lowest BCUT2D eigenvalue weighted by Gasteiger charge is -2.31. The summed E-state index contributed by atoms with van der Waals surface area (Å²) in [4.78, 5) is 10.9. The number of halogens is 1. The Bertz CT molecular complexity index is 323. The van der Waals surface area contributed by atoms with Crippen molar-refractivity contribution in [1.82, 2.24) is 9.97 Å². The minimum Gasteiger partial charge on any atom is -0.384 e. The molecule has 0 aliphatic carbocycles. The van der Waals surface area contributed by atoms with E-state index in [1.807, 2.05) is 0 Å². The second kappa shape index (κ2) is 5.59. The topological polar surface area (TPSA) is 38.2 Å². The van der Waals surface area contributed by atoms with Crippen LogP contribution in [0, 0.1) is 5.92 Å². The quantitative estimate of drug-likeness (QED) is 0.853. The van der Waals surface area contributed by atoms with Gasteiger partial charge in [0, 0.05) is 39.2 Å². The van der Waals surface area contributed by atoms with Crippen LogP contribution in [0.1, 0.15) is 12.8 Å². The van der Waals surface area contributed by atoms with Crippen LogP contribution in [-0.2, 0) is 4.74 Å². The van der Waals surface area contributed by atoms with Gasteiger partial charge in [-0.15, -0.1) is 0 Å². The van der Waals surface area contributed by atoms with E-state index in [-0.39, 0.29) is 0 Å². The maximum absolute atomic E-state index is 5.18. The Morgan fingerprint density at radius 2 is 2.00 bits per heavy atom. The third-order valence-electron chi connectivity index (χ3n) is 2.91. The molecule has 16 heavy (non-hydrogen) atoms. The zero-order chi connectivity index (χ0) is 11.4. The fraction of sp³-hybridized carbons (Fsp3) is 0.636. The Hall–Kier alpha value is -0.680. The van der Waals surface area contributed by atoms with Crippen molar-refractivity contribution in [2.24, 2.45) is 5.92 Å². The zero-order valence-electron chi connectivity index (χ0n) is 9.40. The van der Waals surface area contributed by atoms with Crippen molar-refractivity contribution in [2.45, 2.75) is 12.8 Å². The molecular formula is C11H16BrN3O. The van der Waals surface area contributed by atoms with E-state index in [1.165, 1.54) is 0 Å². The molecule has 0 saturated carbocycles. The lowest BCUT2D eigenvalue weighted by Crippen LogP contribution is -2.36. The molecule has 0 N–H and O–H groups in total. The summed E-state index contributed by atoms with van der Waals surface area (Å²) in [6.07, 6.45) is 5.91. The predicted molar refractivity (Wildman–Crippen MR) is 66.5 cm³/mol. The molecule has 1 aliphatic rings. The van der Waals surface area contributed by atoms with Gasteiger partial charge in [-0.1, -0.05) is 0 Å². The van der Waals surface area contributed by atoms with Gasteiger partial charge >= 0.3 is 0 Å². The van der Waals surface area contributed by atoms with Crippen molar-refractivity contribution in [3.05, 3.63) is 16.9 Å². The summed E-state index contributed by atoms with van der Waals surface area (Å²) in [6, 6.07) is 0. The van der Waals surface area contributed by atoms with Gasteiger partial charge in [0.15, 0.2) is 0 Å². The number of hydrogen-bond acceptors (Lipinski definition) is 4. The third-order valence-corrected chi connectivity index (χ3v) is 3.32. The second-order valence-corrected chi connectivity index (χ2v) is 5.00. The average molecular weight is 286 g/mol. The van der Waals surface area contributed by atoms with Crippen LogP contribution < -0.4 is 4.90 Å². The molecular weight excluding hydrogens is 270 g/mol. The molecule has 0 amide bonds. The molecule has 1 aromatic heterocycles. The van der Waals surface area contributed by atoms with Crippen LogP contribution in [0.3, 0.4) is 0 Å². The maximum atomic E-state index is 5.18. The molecule has 4 nitrogen and oxygen atoms in total. The van der Waals surface area contributed by atoms with E-state index in [4.69, 9.17) is 4.74 Å². The lowest BCUT2D eigenvalue weighted by molar-refractivity contribution is 0.139. The maximum Gasteiger partial charge on any atom is 0.225 e. The van der Waals surface area contributed by atoms with Crippen molar-refractivity contribution in [1.29, 1.82) is 0 Å². The number of nitrogens with zero attached hydrogens (tertiary/aromatic N) is 3. The Balaban J connectivity index is 1.91. The normalized spacial score (nSPS) is 17.8. The molecule has 88 valence electrons. The van der Waals surface area contributed by atoms with E-state index in [0.29, 0.717) is 5.92 Å². The summed E-state index contributed by atoms with van der Waals surface area (Å²) in [5.74, 6) is 1.52. The Labute approximate surface area is 104 Å². The molecule has 1 aromatic rings. The Kier molecular flexibility index (Phi) is 4.12. The first-order valence-corrected chi connectivity index (χ1v) is 6.30. The highest BCUT2D eigenvalue weighted by Gasteiger charge is 2.20. The first-order chi connectivity index (χ1) is 7.79. The van der Waals surface area contributed by atoms with Crippen molar-refractivity contribution < 1.29 is 4.74 Å². The van der Waals surface area contributed by atoms with Crippen LogP contribution in [0.15, 0.2) is 16.9 Å². The highest BCUT2D eigenvalue weighted by atomic mass is 79.9. The molecule has 0 atom stereocenters. The Morgan fingerprint density at radius 1 is 1.38 bits per heavy atom. The summed E-state index contributed by atoms with van der Waals surface area (Å²) in [5.41, 5.74) is 0. The smallest absolute Gasteiger partial charge is 0.225 e. The van der Waals surface area contributed by atoms with Crippen LogP contribution >= 0.6 is 15.9 Å². The Morgan fingerprint density at radius 3 is 2.56 bits per heavy atom. The molecule has 0 aromatic carbocycles. The van der Waals surface area contributed by atoms with E-state index in [9.17, 15) is 0 Å². The lowest BCUT2D eigenvalue weighted by atomic mass is 9.98. The van der Waals surface area contributed by atoms with Crippen LogP contribution in [0.25, 0.3) is 0 Å². The molecule has 1 aliphatic heterocycles. The summed E-state index contributed by atoms with van der Waals surface area (Å²) >= 11 is 3.34. The van der Waals surface area contributed by atoms with Gasteiger partial charge in [-0.3, -0.25) is 0 Å². The molecule has 2 rings (SSSR count). The number of rotatable bonds is 3. The molecule has 1 saturated heterocycles. The van der Waals surface area contributed by atoms with Crippen molar-refractivity contribution in [3.8, 4) is 0 Å². The van der Waals surface area contributed by atoms with E-state index in [0.717, 1.165) is 43.0 Å². The van der Waals surface area contributed by atoms with Crippen LogP contribution in [-0.4, -0.2) is 36.8 Å². The van der Waals surface area contributed by atoms with Gasteiger partial charge in [-0.05, 0) is 34.7 Å². The largest absolute Gasteiger partial charge is 0.384 e. The number of methoxy groups -OCH3 is 1. The molecule has 2 heterocycles. The summed E-state index contributed by atoms with van der Waals surface area (Å²) in [7, 11) is 1.77. The number of ether oxygens (including phenoxy) is 1. The molecule has 5 heteroatoms. The number of hydrogen-bond donors (Lipinski definition) is 0. The number of aromatic nitrogens is 2. The molecule has 0 unspecified atom stereocenters. The highest BCUT2D eigenvalue weighted by Crippen LogP contribution is 2.21. The first kappa shape index (κ1) is 11.8.